The number of anilines is 1. The number of rotatable bonds is 9. The molecule has 164 valence electrons. The first kappa shape index (κ1) is 22.5. The Kier molecular flexibility index (Phi) is 7.45. The van der Waals surface area contributed by atoms with Crippen molar-refractivity contribution in [2.75, 3.05) is 18.1 Å². The van der Waals surface area contributed by atoms with E-state index in [1.807, 2.05) is 19.1 Å². The van der Waals surface area contributed by atoms with Crippen molar-refractivity contribution in [3.8, 4) is 5.69 Å². The first-order valence-corrected chi connectivity index (χ1v) is 11.1. The molecule has 10 heteroatoms. The largest absolute Gasteiger partial charge is 0.462 e. The van der Waals surface area contributed by atoms with E-state index in [2.05, 4.69) is 27.4 Å². The van der Waals surface area contributed by atoms with E-state index in [4.69, 9.17) is 4.74 Å². The zero-order chi connectivity index (χ0) is 22.4. The van der Waals surface area contributed by atoms with E-state index < -0.39 is 5.97 Å². The summed E-state index contributed by atoms with van der Waals surface area (Å²) in [6, 6.07) is 5.39. The van der Waals surface area contributed by atoms with Crippen LogP contribution < -0.4 is 4.90 Å². The number of benzene rings is 1. The van der Waals surface area contributed by atoms with Gasteiger partial charge in [-0.15, -0.1) is 5.10 Å². The predicted molar refractivity (Wildman–Crippen MR) is 118 cm³/mol. The van der Waals surface area contributed by atoms with Gasteiger partial charge in [-0.1, -0.05) is 31.1 Å². The van der Waals surface area contributed by atoms with Crippen LogP contribution in [0.4, 0.5) is 5.13 Å². The summed E-state index contributed by atoms with van der Waals surface area (Å²) in [6.07, 6.45) is 4.39. The van der Waals surface area contributed by atoms with Crippen molar-refractivity contribution in [3.05, 3.63) is 46.2 Å². The molecule has 0 aliphatic heterocycles. The van der Waals surface area contributed by atoms with E-state index in [0.717, 1.165) is 30.5 Å². The van der Waals surface area contributed by atoms with Gasteiger partial charge in [0, 0.05) is 12.1 Å². The van der Waals surface area contributed by atoms with E-state index in [-0.39, 0.29) is 12.5 Å². The topological polar surface area (TPSA) is 103 Å². The Hall–Kier alpha value is -3.14. The monoisotopic (exact) mass is 442 g/mol. The lowest BCUT2D eigenvalue weighted by Gasteiger charge is -2.20. The number of nitrogens with zero attached hydrogens (tertiary/aromatic N) is 6. The summed E-state index contributed by atoms with van der Waals surface area (Å²) < 4.78 is 6.67. The summed E-state index contributed by atoms with van der Waals surface area (Å²) in [7, 11) is 0. The Balaban J connectivity index is 1.92. The molecule has 3 rings (SSSR count). The van der Waals surface area contributed by atoms with Gasteiger partial charge in [0.2, 0.25) is 0 Å². The summed E-state index contributed by atoms with van der Waals surface area (Å²) in [4.78, 5) is 32.3. The lowest BCUT2D eigenvalue weighted by molar-refractivity contribution is 0.0531. The normalized spacial score (nSPS) is 10.8. The van der Waals surface area contributed by atoms with Crippen LogP contribution in [0.15, 0.2) is 24.5 Å². The van der Waals surface area contributed by atoms with Crippen molar-refractivity contribution in [1.29, 1.82) is 0 Å². The molecule has 0 unspecified atom stereocenters. The number of hydrogen-bond acceptors (Lipinski definition) is 8. The number of aryl methyl sites for hydroxylation is 2. The van der Waals surface area contributed by atoms with Gasteiger partial charge < -0.3 is 4.74 Å². The highest BCUT2D eigenvalue weighted by molar-refractivity contribution is 7.17. The molecule has 0 bridgehead atoms. The number of tetrazole rings is 1. The second-order valence-corrected chi connectivity index (χ2v) is 8.03. The average molecular weight is 443 g/mol. The fourth-order valence-electron chi connectivity index (χ4n) is 3.16. The Morgan fingerprint density at radius 2 is 2.00 bits per heavy atom. The molecule has 0 aliphatic carbocycles. The Morgan fingerprint density at radius 1 is 1.19 bits per heavy atom. The van der Waals surface area contributed by atoms with Gasteiger partial charge in [-0.05, 0) is 61.4 Å². The molecular weight excluding hydrogens is 416 g/mol. The Labute approximate surface area is 185 Å². The minimum atomic E-state index is -0.411. The summed E-state index contributed by atoms with van der Waals surface area (Å²) >= 11 is 1.19. The molecule has 3 aromatic rings. The third-order valence-corrected chi connectivity index (χ3v) is 5.91. The molecule has 0 spiro atoms. The molecule has 0 aliphatic rings. The van der Waals surface area contributed by atoms with E-state index >= 15 is 0 Å². The second kappa shape index (κ2) is 10.3. The number of aromatic nitrogens is 5. The molecule has 0 N–H and O–H groups in total. The van der Waals surface area contributed by atoms with Gasteiger partial charge in [-0.25, -0.2) is 14.5 Å². The van der Waals surface area contributed by atoms with E-state index in [0.29, 0.717) is 27.8 Å². The van der Waals surface area contributed by atoms with E-state index in [1.165, 1.54) is 17.7 Å². The molecule has 1 aromatic carbocycles. The van der Waals surface area contributed by atoms with Crippen molar-refractivity contribution in [1.82, 2.24) is 25.2 Å². The number of carbonyl (C=O) groups excluding carboxylic acids is 2. The van der Waals surface area contributed by atoms with Gasteiger partial charge in [0.25, 0.3) is 5.91 Å². The van der Waals surface area contributed by atoms with Crippen LogP contribution in [0.2, 0.25) is 0 Å². The minimum Gasteiger partial charge on any atom is -0.462 e. The molecule has 0 atom stereocenters. The number of esters is 1. The zero-order valence-electron chi connectivity index (χ0n) is 18.2. The number of amides is 1. The molecule has 1 amide bonds. The van der Waals surface area contributed by atoms with Crippen molar-refractivity contribution in [2.45, 2.75) is 47.0 Å². The molecule has 2 heterocycles. The molecule has 2 aromatic heterocycles. The SMILES string of the molecule is CCCCCN(C(=O)c1ccc(-n2cnnn2)c(C)c1)c1nc(C)c(C(=O)OCC)s1. The number of hydrogen-bond donors (Lipinski definition) is 0. The molecule has 31 heavy (non-hydrogen) atoms. The number of carbonyl (C=O) groups is 2. The maximum atomic E-state index is 13.4. The molecular formula is C21H26N6O3S. The van der Waals surface area contributed by atoms with Crippen LogP contribution >= 0.6 is 11.3 Å². The Morgan fingerprint density at radius 3 is 2.65 bits per heavy atom. The molecule has 0 saturated carbocycles. The number of unbranched alkanes of at least 4 members (excludes halogenated alkanes) is 2. The van der Waals surface area contributed by atoms with Crippen LogP contribution in [-0.2, 0) is 4.74 Å². The molecule has 0 saturated heterocycles. The van der Waals surface area contributed by atoms with Gasteiger partial charge in [-0.3, -0.25) is 9.69 Å². The van der Waals surface area contributed by atoms with Crippen LogP contribution in [0, 0.1) is 13.8 Å². The maximum absolute atomic E-state index is 13.4. The lowest BCUT2D eigenvalue weighted by atomic mass is 10.1. The third-order valence-electron chi connectivity index (χ3n) is 4.75. The highest BCUT2D eigenvalue weighted by Gasteiger charge is 2.25. The second-order valence-electron chi connectivity index (χ2n) is 7.05. The van der Waals surface area contributed by atoms with Crippen molar-refractivity contribution >= 4 is 28.3 Å². The van der Waals surface area contributed by atoms with Crippen molar-refractivity contribution in [3.63, 3.8) is 0 Å². The number of thiazole rings is 1. The van der Waals surface area contributed by atoms with Gasteiger partial charge >= 0.3 is 5.97 Å². The quantitative estimate of drug-likeness (QED) is 0.367. The zero-order valence-corrected chi connectivity index (χ0v) is 19.0. The predicted octanol–water partition coefficient (Wildman–Crippen LogP) is 3.75. The van der Waals surface area contributed by atoms with Crippen LogP contribution in [-0.4, -0.2) is 50.2 Å². The van der Waals surface area contributed by atoms with Crippen molar-refractivity contribution < 1.29 is 14.3 Å². The van der Waals surface area contributed by atoms with Crippen LogP contribution in [0.5, 0.6) is 0 Å². The summed E-state index contributed by atoms with van der Waals surface area (Å²) in [5.74, 6) is -0.571. The van der Waals surface area contributed by atoms with Gasteiger partial charge in [-0.2, -0.15) is 0 Å². The first-order valence-electron chi connectivity index (χ1n) is 10.3. The maximum Gasteiger partial charge on any atom is 0.350 e. The van der Waals surface area contributed by atoms with Crippen LogP contribution in [0.1, 0.15) is 64.4 Å². The first-order chi connectivity index (χ1) is 15.0. The van der Waals surface area contributed by atoms with Gasteiger partial charge in [0.05, 0.1) is 18.0 Å². The number of ether oxygens (including phenoxy) is 1. The van der Waals surface area contributed by atoms with Crippen molar-refractivity contribution in [2.24, 2.45) is 0 Å². The highest BCUT2D eigenvalue weighted by Crippen LogP contribution is 2.29. The van der Waals surface area contributed by atoms with Gasteiger partial charge in [0.1, 0.15) is 11.2 Å². The third kappa shape index (κ3) is 5.13. The van der Waals surface area contributed by atoms with Crippen LogP contribution in [0.3, 0.4) is 0 Å². The Bertz CT molecular complexity index is 1050. The smallest absolute Gasteiger partial charge is 0.350 e. The molecule has 9 nitrogen and oxygen atoms in total. The fraction of sp³-hybridized carbons (Fsp3) is 0.429. The van der Waals surface area contributed by atoms with E-state index in [1.54, 1.807) is 29.5 Å². The minimum absolute atomic E-state index is 0.161. The lowest BCUT2D eigenvalue weighted by Crippen LogP contribution is -2.32. The summed E-state index contributed by atoms with van der Waals surface area (Å²) in [6.45, 7) is 8.34. The van der Waals surface area contributed by atoms with Crippen LogP contribution in [0.25, 0.3) is 5.69 Å². The average Bonchev–Trinajstić information content (AvgIpc) is 3.41. The van der Waals surface area contributed by atoms with Gasteiger partial charge in [0.15, 0.2) is 5.13 Å². The molecule has 0 fully saturated rings. The fourth-order valence-corrected chi connectivity index (χ4v) is 4.15. The summed E-state index contributed by atoms with van der Waals surface area (Å²) in [5, 5.41) is 11.7. The molecule has 0 radical (unpaired) electrons. The van der Waals surface area contributed by atoms with E-state index in [9.17, 15) is 9.59 Å². The standard InChI is InChI=1S/C21H26N6O3S/c1-5-7-8-11-26(21-23-15(4)18(31-21)20(29)30-6-2)19(28)16-9-10-17(14(3)12-16)27-13-22-24-25-27/h9-10,12-13H,5-8,11H2,1-4H3. The summed E-state index contributed by atoms with van der Waals surface area (Å²) in [5.41, 5.74) is 2.77. The highest BCUT2D eigenvalue weighted by atomic mass is 32.1.